The van der Waals surface area contributed by atoms with E-state index < -0.39 is 29.9 Å². The van der Waals surface area contributed by atoms with Gasteiger partial charge in [-0.15, -0.1) is 0 Å². The van der Waals surface area contributed by atoms with Gasteiger partial charge in [-0.05, 0) is 45.6 Å². The van der Waals surface area contributed by atoms with Crippen molar-refractivity contribution in [2.24, 2.45) is 5.92 Å². The van der Waals surface area contributed by atoms with Crippen LogP contribution in [0.5, 0.6) is 0 Å². The smallest absolute Gasteiger partial charge is 0.407 e. The minimum absolute atomic E-state index is 0.0191. The maximum absolute atomic E-state index is 12.5. The third kappa shape index (κ3) is 6.64. The van der Waals surface area contributed by atoms with Gasteiger partial charge in [0.05, 0.1) is 12.1 Å². The fourth-order valence-electron chi connectivity index (χ4n) is 3.84. The van der Waals surface area contributed by atoms with Gasteiger partial charge in [-0.1, -0.05) is 30.3 Å². The first-order valence-corrected chi connectivity index (χ1v) is 10.2. The summed E-state index contributed by atoms with van der Waals surface area (Å²) in [6, 6.07) is 8.35. The Hall–Kier alpha value is -2.77. The first-order valence-electron chi connectivity index (χ1n) is 10.2. The zero-order valence-electron chi connectivity index (χ0n) is 18.4. The molecule has 3 amide bonds. The lowest BCUT2D eigenvalue weighted by Crippen LogP contribution is -2.57. The van der Waals surface area contributed by atoms with E-state index in [0.29, 0.717) is 19.3 Å². The van der Waals surface area contributed by atoms with Crippen LogP contribution in [0.2, 0.25) is 0 Å². The van der Waals surface area contributed by atoms with E-state index in [1.165, 1.54) is 9.80 Å². The summed E-state index contributed by atoms with van der Waals surface area (Å²) >= 11 is 0. The third-order valence-electron chi connectivity index (χ3n) is 5.15. The summed E-state index contributed by atoms with van der Waals surface area (Å²) in [7, 11) is 3.40. The Balaban J connectivity index is 2.25. The Morgan fingerprint density at radius 2 is 1.77 bits per heavy atom. The molecule has 0 radical (unpaired) electrons. The lowest BCUT2D eigenvalue weighted by atomic mass is 9.80. The molecule has 0 aromatic heterocycles. The SMILES string of the molecule is CN(C)C(=O)[C@H]1CC[C@H](N(Cc2ccccc2)C(=O)O)[C@H](NC(=O)OC(C)(C)C)C1. The van der Waals surface area contributed by atoms with E-state index in [9.17, 15) is 19.5 Å². The van der Waals surface area contributed by atoms with Crippen LogP contribution in [0.25, 0.3) is 0 Å². The van der Waals surface area contributed by atoms with Crippen LogP contribution in [-0.2, 0) is 16.1 Å². The second kappa shape index (κ2) is 9.82. The summed E-state index contributed by atoms with van der Waals surface area (Å²) in [5, 5.41) is 12.7. The minimum Gasteiger partial charge on any atom is -0.465 e. The highest BCUT2D eigenvalue weighted by Gasteiger charge is 2.40. The number of nitrogens with zero attached hydrogens (tertiary/aromatic N) is 2. The highest BCUT2D eigenvalue weighted by molar-refractivity contribution is 5.78. The highest BCUT2D eigenvalue weighted by Crippen LogP contribution is 2.30. The number of hydrogen-bond acceptors (Lipinski definition) is 4. The average Bonchev–Trinajstić information content (AvgIpc) is 2.64. The molecule has 2 N–H and O–H groups in total. The van der Waals surface area contributed by atoms with Gasteiger partial charge in [-0.2, -0.15) is 0 Å². The van der Waals surface area contributed by atoms with Gasteiger partial charge in [0.25, 0.3) is 0 Å². The number of carboxylic acid groups (broad SMARTS) is 1. The molecular weight excluding hydrogens is 386 g/mol. The molecule has 1 saturated carbocycles. The lowest BCUT2D eigenvalue weighted by Gasteiger charge is -2.41. The molecule has 8 heteroatoms. The number of amides is 3. The summed E-state index contributed by atoms with van der Waals surface area (Å²) in [6.45, 7) is 5.51. The second-order valence-corrected chi connectivity index (χ2v) is 8.96. The molecule has 1 aromatic rings. The minimum atomic E-state index is -1.06. The number of rotatable bonds is 5. The van der Waals surface area contributed by atoms with Crippen molar-refractivity contribution in [2.45, 2.75) is 64.3 Å². The summed E-state index contributed by atoms with van der Waals surface area (Å²) in [5.74, 6) is -0.294. The Labute approximate surface area is 178 Å². The number of carbonyl (C=O) groups is 3. The molecule has 2 rings (SSSR count). The van der Waals surface area contributed by atoms with E-state index in [1.807, 2.05) is 30.3 Å². The Kier molecular flexibility index (Phi) is 7.70. The molecule has 1 aliphatic carbocycles. The maximum atomic E-state index is 12.5. The lowest BCUT2D eigenvalue weighted by molar-refractivity contribution is -0.134. The van der Waals surface area contributed by atoms with Crippen molar-refractivity contribution in [3.8, 4) is 0 Å². The van der Waals surface area contributed by atoms with Crippen molar-refractivity contribution < 1.29 is 24.2 Å². The van der Waals surface area contributed by atoms with E-state index >= 15 is 0 Å². The zero-order chi connectivity index (χ0) is 22.5. The van der Waals surface area contributed by atoms with Crippen molar-refractivity contribution in [1.29, 1.82) is 0 Å². The molecular formula is C22H33N3O5. The average molecular weight is 420 g/mol. The molecule has 3 atom stereocenters. The number of carbonyl (C=O) groups excluding carboxylic acids is 2. The molecule has 1 aromatic carbocycles. The second-order valence-electron chi connectivity index (χ2n) is 8.96. The van der Waals surface area contributed by atoms with Crippen LogP contribution >= 0.6 is 0 Å². The molecule has 0 aliphatic heterocycles. The first kappa shape index (κ1) is 23.5. The van der Waals surface area contributed by atoms with Crippen molar-refractivity contribution in [3.63, 3.8) is 0 Å². The monoisotopic (exact) mass is 419 g/mol. The van der Waals surface area contributed by atoms with Gasteiger partial charge in [-0.25, -0.2) is 9.59 Å². The summed E-state index contributed by atoms with van der Waals surface area (Å²) in [4.78, 5) is 39.9. The summed E-state index contributed by atoms with van der Waals surface area (Å²) in [6.07, 6.45) is -0.270. The predicted octanol–water partition coefficient (Wildman–Crippen LogP) is 3.32. The number of alkyl carbamates (subject to hydrolysis) is 1. The highest BCUT2D eigenvalue weighted by atomic mass is 16.6. The van der Waals surface area contributed by atoms with Gasteiger partial charge in [0.1, 0.15) is 5.60 Å². The van der Waals surface area contributed by atoms with Crippen LogP contribution < -0.4 is 5.32 Å². The Morgan fingerprint density at radius 3 is 2.30 bits per heavy atom. The number of hydrogen-bond donors (Lipinski definition) is 2. The standard InChI is InChI=1S/C22H33N3O5/c1-22(2,3)30-20(27)23-17-13-16(19(26)24(4)5)11-12-18(17)25(21(28)29)14-15-9-7-6-8-10-15/h6-10,16-18H,11-14H2,1-5H3,(H,23,27)(H,28,29)/t16-,17+,18-/m0/s1. The molecule has 0 unspecified atom stereocenters. The summed E-state index contributed by atoms with van der Waals surface area (Å²) in [5.41, 5.74) is 0.186. The van der Waals surface area contributed by atoms with E-state index in [4.69, 9.17) is 4.74 Å². The van der Waals surface area contributed by atoms with Crippen LogP contribution in [0.4, 0.5) is 9.59 Å². The van der Waals surface area contributed by atoms with Gasteiger partial charge in [0, 0.05) is 26.6 Å². The van der Waals surface area contributed by atoms with E-state index in [2.05, 4.69) is 5.32 Å². The molecule has 0 spiro atoms. The van der Waals surface area contributed by atoms with Crippen LogP contribution in [0.1, 0.15) is 45.6 Å². The number of ether oxygens (including phenoxy) is 1. The normalized spacial score (nSPS) is 21.4. The third-order valence-corrected chi connectivity index (χ3v) is 5.15. The van der Waals surface area contributed by atoms with Crippen LogP contribution in [0.15, 0.2) is 30.3 Å². The molecule has 30 heavy (non-hydrogen) atoms. The Morgan fingerprint density at radius 1 is 1.13 bits per heavy atom. The molecule has 0 bridgehead atoms. The summed E-state index contributed by atoms with van der Waals surface area (Å²) < 4.78 is 5.38. The zero-order valence-corrected chi connectivity index (χ0v) is 18.4. The van der Waals surface area contributed by atoms with Gasteiger partial charge >= 0.3 is 12.2 Å². The fourth-order valence-corrected chi connectivity index (χ4v) is 3.84. The fraction of sp³-hybridized carbons (Fsp3) is 0.591. The van der Waals surface area contributed by atoms with Gasteiger partial charge in [-0.3, -0.25) is 9.69 Å². The van der Waals surface area contributed by atoms with Crippen LogP contribution in [0, 0.1) is 5.92 Å². The van der Waals surface area contributed by atoms with E-state index in [-0.39, 0.29) is 18.4 Å². The molecule has 8 nitrogen and oxygen atoms in total. The molecule has 1 fully saturated rings. The maximum Gasteiger partial charge on any atom is 0.407 e. The van der Waals surface area contributed by atoms with Crippen molar-refractivity contribution >= 4 is 18.1 Å². The molecule has 0 heterocycles. The Bertz CT molecular complexity index is 745. The molecule has 166 valence electrons. The molecule has 1 aliphatic rings. The largest absolute Gasteiger partial charge is 0.465 e. The van der Waals surface area contributed by atoms with E-state index in [0.717, 1.165) is 5.56 Å². The van der Waals surface area contributed by atoms with Gasteiger partial charge < -0.3 is 20.1 Å². The number of nitrogens with one attached hydrogen (secondary N) is 1. The van der Waals surface area contributed by atoms with Crippen molar-refractivity contribution in [3.05, 3.63) is 35.9 Å². The van der Waals surface area contributed by atoms with Crippen molar-refractivity contribution in [2.75, 3.05) is 14.1 Å². The van der Waals surface area contributed by atoms with Crippen molar-refractivity contribution in [1.82, 2.24) is 15.1 Å². The predicted molar refractivity (Wildman–Crippen MR) is 113 cm³/mol. The van der Waals surface area contributed by atoms with Crippen LogP contribution in [0.3, 0.4) is 0 Å². The molecule has 0 saturated heterocycles. The first-order chi connectivity index (χ1) is 14.0. The topological polar surface area (TPSA) is 99.2 Å². The van der Waals surface area contributed by atoms with Gasteiger partial charge in [0.2, 0.25) is 5.91 Å². The van der Waals surface area contributed by atoms with E-state index in [1.54, 1.807) is 34.9 Å². The van der Waals surface area contributed by atoms with Gasteiger partial charge in [0.15, 0.2) is 0 Å². The number of benzene rings is 1. The quantitative estimate of drug-likeness (QED) is 0.763. The van der Waals surface area contributed by atoms with Crippen LogP contribution in [-0.4, -0.2) is 64.8 Å².